The van der Waals surface area contributed by atoms with Crippen molar-refractivity contribution in [2.75, 3.05) is 6.54 Å². The molecular weight excluding hydrogens is 356 g/mol. The fourth-order valence-electron chi connectivity index (χ4n) is 3.26. The first-order chi connectivity index (χ1) is 13.6. The van der Waals surface area contributed by atoms with Gasteiger partial charge in [0.15, 0.2) is 5.82 Å². The number of H-pyrrole nitrogens is 1. The summed E-state index contributed by atoms with van der Waals surface area (Å²) in [6, 6.07) is 13.2. The lowest BCUT2D eigenvalue weighted by Crippen LogP contribution is -2.36. The molecule has 142 valence electrons. The molecule has 1 aromatic carbocycles. The molecule has 7 nitrogen and oxygen atoms in total. The number of rotatable bonds is 5. The molecular formula is C21H20N4O3. The molecule has 3 heterocycles. The Balaban J connectivity index is 1.39. The van der Waals surface area contributed by atoms with Crippen molar-refractivity contribution in [3.05, 3.63) is 75.8 Å². The molecule has 1 atom stereocenters. The Kier molecular flexibility index (Phi) is 4.89. The van der Waals surface area contributed by atoms with E-state index in [1.54, 1.807) is 25.3 Å². The molecule has 7 heteroatoms. The minimum atomic E-state index is -0.326. The summed E-state index contributed by atoms with van der Waals surface area (Å²) in [5, 5.41) is 2.85. The largest absolute Gasteiger partial charge is 0.488 e. The van der Waals surface area contributed by atoms with E-state index >= 15 is 0 Å². The van der Waals surface area contributed by atoms with Crippen LogP contribution in [0.2, 0.25) is 0 Å². The molecule has 3 aromatic rings. The number of nitrogens with one attached hydrogen (secondary N) is 2. The monoisotopic (exact) mass is 376 g/mol. The van der Waals surface area contributed by atoms with Gasteiger partial charge in [-0.25, -0.2) is 4.98 Å². The zero-order chi connectivity index (χ0) is 19.5. The summed E-state index contributed by atoms with van der Waals surface area (Å²) in [7, 11) is 0. The lowest BCUT2D eigenvalue weighted by Gasteiger charge is -2.12. The molecule has 0 bridgehead atoms. The normalized spacial score (nSPS) is 15.0. The van der Waals surface area contributed by atoms with Crippen molar-refractivity contribution in [1.82, 2.24) is 20.3 Å². The number of aromatic amines is 1. The minimum absolute atomic E-state index is 0.0314. The average Bonchev–Trinajstić information content (AvgIpc) is 3.13. The number of para-hydroxylation sites is 1. The van der Waals surface area contributed by atoms with E-state index in [0.29, 0.717) is 29.3 Å². The van der Waals surface area contributed by atoms with Gasteiger partial charge in [0.25, 0.3) is 5.56 Å². The fourth-order valence-corrected chi connectivity index (χ4v) is 3.26. The van der Waals surface area contributed by atoms with Gasteiger partial charge in [-0.15, -0.1) is 0 Å². The van der Waals surface area contributed by atoms with Crippen molar-refractivity contribution >= 4 is 5.91 Å². The molecule has 1 aliphatic heterocycles. The van der Waals surface area contributed by atoms with Crippen LogP contribution in [0.15, 0.2) is 53.5 Å². The van der Waals surface area contributed by atoms with Gasteiger partial charge in [0.1, 0.15) is 17.5 Å². The Labute approximate surface area is 161 Å². The highest BCUT2D eigenvalue weighted by atomic mass is 16.5. The topological polar surface area (TPSA) is 97.0 Å². The maximum Gasteiger partial charge on any atom is 0.255 e. The van der Waals surface area contributed by atoms with Gasteiger partial charge >= 0.3 is 0 Å². The molecule has 1 amide bonds. The predicted octanol–water partition coefficient (Wildman–Crippen LogP) is 1.80. The van der Waals surface area contributed by atoms with Crippen molar-refractivity contribution < 1.29 is 9.53 Å². The van der Waals surface area contributed by atoms with Crippen LogP contribution < -0.4 is 15.6 Å². The Morgan fingerprint density at radius 1 is 1.25 bits per heavy atom. The number of aromatic nitrogens is 3. The molecule has 28 heavy (non-hydrogen) atoms. The highest BCUT2D eigenvalue weighted by molar-refractivity contribution is 5.78. The molecule has 0 aliphatic carbocycles. The van der Waals surface area contributed by atoms with Crippen LogP contribution in [0.25, 0.3) is 11.5 Å². The van der Waals surface area contributed by atoms with Gasteiger partial charge in [-0.3, -0.25) is 14.6 Å². The van der Waals surface area contributed by atoms with Crippen molar-refractivity contribution in [3.63, 3.8) is 0 Å². The van der Waals surface area contributed by atoms with Crippen molar-refractivity contribution in [2.45, 2.75) is 25.9 Å². The van der Waals surface area contributed by atoms with Crippen molar-refractivity contribution in [2.24, 2.45) is 0 Å². The summed E-state index contributed by atoms with van der Waals surface area (Å²) in [6.07, 6.45) is 2.27. The van der Waals surface area contributed by atoms with Gasteiger partial charge in [-0.1, -0.05) is 24.3 Å². The number of hydrogen-bond donors (Lipinski definition) is 2. The lowest BCUT2D eigenvalue weighted by atomic mass is 10.1. The quantitative estimate of drug-likeness (QED) is 0.708. The maximum absolute atomic E-state index is 12.5. The second-order valence-corrected chi connectivity index (χ2v) is 6.73. The third-order valence-electron chi connectivity index (χ3n) is 4.71. The van der Waals surface area contributed by atoms with E-state index in [9.17, 15) is 9.59 Å². The third-order valence-corrected chi connectivity index (χ3v) is 4.71. The van der Waals surface area contributed by atoms with Crippen LogP contribution in [0.3, 0.4) is 0 Å². The van der Waals surface area contributed by atoms with E-state index in [0.717, 1.165) is 17.7 Å². The fraction of sp³-hybridized carbons (Fsp3) is 0.238. The molecule has 0 unspecified atom stereocenters. The van der Waals surface area contributed by atoms with Crippen LogP contribution in [0.4, 0.5) is 0 Å². The summed E-state index contributed by atoms with van der Waals surface area (Å²) in [6.45, 7) is 2.12. The molecule has 0 spiro atoms. The number of carbonyl (C=O) groups excluding carboxylic acids is 1. The van der Waals surface area contributed by atoms with Crippen LogP contribution in [0.1, 0.15) is 16.8 Å². The Morgan fingerprint density at radius 2 is 2.07 bits per heavy atom. The molecule has 0 saturated carbocycles. The number of carbonyl (C=O) groups is 1. The van der Waals surface area contributed by atoms with E-state index < -0.39 is 0 Å². The molecule has 2 aromatic heterocycles. The standard InChI is InChI=1S/C21H20N4O3/c1-13-16(21(27)25-20(24-13)17-7-4-5-9-22-17)11-19(26)23-12-15-10-14-6-2-3-8-18(14)28-15/h2-9,15H,10-12H2,1H3,(H,23,26)(H,24,25,27)/t15-/m1/s1. The number of fused-ring (bicyclic) bond motifs is 1. The van der Waals surface area contributed by atoms with Crippen LogP contribution in [0.5, 0.6) is 5.75 Å². The van der Waals surface area contributed by atoms with E-state index in [1.807, 2.05) is 30.3 Å². The summed E-state index contributed by atoms with van der Waals surface area (Å²) < 4.78 is 5.82. The van der Waals surface area contributed by atoms with Crippen molar-refractivity contribution in [1.29, 1.82) is 0 Å². The molecule has 0 radical (unpaired) electrons. The van der Waals surface area contributed by atoms with Crippen LogP contribution in [-0.2, 0) is 17.6 Å². The van der Waals surface area contributed by atoms with Crippen LogP contribution in [-0.4, -0.2) is 33.5 Å². The van der Waals surface area contributed by atoms with Crippen LogP contribution in [0, 0.1) is 6.92 Å². The maximum atomic E-state index is 12.5. The Bertz CT molecular complexity index is 1040. The number of pyridine rings is 1. The Morgan fingerprint density at radius 3 is 2.82 bits per heavy atom. The van der Waals surface area contributed by atoms with Gasteiger partial charge in [0.2, 0.25) is 5.91 Å². The SMILES string of the molecule is Cc1nc(-c2ccccn2)[nH]c(=O)c1CC(=O)NC[C@H]1Cc2ccccc2O1. The zero-order valence-corrected chi connectivity index (χ0v) is 15.4. The van der Waals surface area contributed by atoms with Crippen LogP contribution >= 0.6 is 0 Å². The first-order valence-corrected chi connectivity index (χ1v) is 9.12. The highest BCUT2D eigenvalue weighted by Crippen LogP contribution is 2.27. The number of aryl methyl sites for hydroxylation is 1. The molecule has 0 saturated heterocycles. The van der Waals surface area contributed by atoms with Gasteiger partial charge in [0, 0.05) is 23.9 Å². The van der Waals surface area contributed by atoms with Crippen molar-refractivity contribution in [3.8, 4) is 17.3 Å². The van der Waals surface area contributed by atoms with Gasteiger partial charge in [0.05, 0.1) is 13.0 Å². The van der Waals surface area contributed by atoms with E-state index in [1.165, 1.54) is 0 Å². The number of hydrogen-bond acceptors (Lipinski definition) is 5. The summed E-state index contributed by atoms with van der Waals surface area (Å²) in [5.74, 6) is 1.02. The second kappa shape index (κ2) is 7.64. The molecule has 2 N–H and O–H groups in total. The first-order valence-electron chi connectivity index (χ1n) is 9.12. The summed E-state index contributed by atoms with van der Waals surface area (Å²) in [5.41, 5.74) is 2.27. The predicted molar refractivity (Wildman–Crippen MR) is 104 cm³/mol. The molecule has 0 fully saturated rings. The summed E-state index contributed by atoms with van der Waals surface area (Å²) in [4.78, 5) is 36.1. The number of amides is 1. The second-order valence-electron chi connectivity index (χ2n) is 6.73. The number of ether oxygens (including phenoxy) is 1. The third kappa shape index (κ3) is 3.78. The summed E-state index contributed by atoms with van der Waals surface area (Å²) >= 11 is 0. The smallest absolute Gasteiger partial charge is 0.255 e. The van der Waals surface area contributed by atoms with E-state index in [-0.39, 0.29) is 24.0 Å². The Hall–Kier alpha value is -3.48. The van der Waals surface area contributed by atoms with Gasteiger partial charge < -0.3 is 15.0 Å². The van der Waals surface area contributed by atoms with E-state index in [4.69, 9.17) is 4.74 Å². The molecule has 1 aliphatic rings. The van der Waals surface area contributed by atoms with E-state index in [2.05, 4.69) is 20.3 Å². The number of benzene rings is 1. The highest BCUT2D eigenvalue weighted by Gasteiger charge is 2.23. The average molecular weight is 376 g/mol. The lowest BCUT2D eigenvalue weighted by molar-refractivity contribution is -0.120. The molecule has 4 rings (SSSR count). The first kappa shape index (κ1) is 17.9. The number of nitrogens with zero attached hydrogens (tertiary/aromatic N) is 2. The van der Waals surface area contributed by atoms with Gasteiger partial charge in [-0.05, 0) is 30.7 Å². The zero-order valence-electron chi connectivity index (χ0n) is 15.4. The minimum Gasteiger partial charge on any atom is -0.488 e. The van der Waals surface area contributed by atoms with Gasteiger partial charge in [-0.2, -0.15) is 0 Å².